The highest BCUT2D eigenvalue weighted by Gasteiger charge is 2.28. The van der Waals surface area contributed by atoms with Gasteiger partial charge in [-0.3, -0.25) is 4.98 Å². The van der Waals surface area contributed by atoms with Crippen LogP contribution in [0.15, 0.2) is 36.4 Å². The van der Waals surface area contributed by atoms with Gasteiger partial charge in [-0.15, -0.1) is 0 Å². The van der Waals surface area contributed by atoms with E-state index in [1.54, 1.807) is 0 Å². The molecule has 1 nitrogen and oxygen atoms in total. The predicted octanol–water partition coefficient (Wildman–Crippen LogP) is 5.96. The van der Waals surface area contributed by atoms with Crippen molar-refractivity contribution >= 4 is 8.07 Å². The van der Waals surface area contributed by atoms with Crippen LogP contribution in [-0.2, 0) is 6.04 Å². The topological polar surface area (TPSA) is 12.9 Å². The predicted molar refractivity (Wildman–Crippen MR) is 100 cm³/mol. The monoisotopic (exact) mass is 311 g/mol. The van der Waals surface area contributed by atoms with E-state index in [4.69, 9.17) is 4.98 Å². The van der Waals surface area contributed by atoms with Crippen molar-refractivity contribution in [2.75, 3.05) is 0 Å². The summed E-state index contributed by atoms with van der Waals surface area (Å²) < 4.78 is 0. The summed E-state index contributed by atoms with van der Waals surface area (Å²) in [6.07, 6.45) is 0. The molecule has 2 aromatic rings. The maximum absolute atomic E-state index is 4.79. The van der Waals surface area contributed by atoms with Crippen LogP contribution in [0.3, 0.4) is 0 Å². The summed E-state index contributed by atoms with van der Waals surface area (Å²) in [6, 6.07) is 18.5. The molecule has 0 aliphatic rings. The number of pyridine rings is 1. The van der Waals surface area contributed by atoms with Gasteiger partial charge in [-0.2, -0.15) is 0 Å². The molecule has 0 unspecified atom stereocenters. The zero-order chi connectivity index (χ0) is 16.2. The molecule has 0 saturated heterocycles. The van der Waals surface area contributed by atoms with Gasteiger partial charge in [0.2, 0.25) is 0 Å². The smallest absolute Gasteiger partial charge is 0.0710 e. The van der Waals surface area contributed by atoms with Crippen LogP contribution >= 0.6 is 0 Å². The van der Waals surface area contributed by atoms with Gasteiger partial charge < -0.3 is 0 Å². The fourth-order valence-electron chi connectivity index (χ4n) is 3.45. The Morgan fingerprint density at radius 2 is 1.50 bits per heavy atom. The van der Waals surface area contributed by atoms with Crippen molar-refractivity contribution in [3.8, 4) is 11.3 Å². The molecule has 1 aromatic heterocycles. The van der Waals surface area contributed by atoms with Crippen LogP contribution in [0.4, 0.5) is 0 Å². The Morgan fingerprint density at radius 3 is 2.09 bits per heavy atom. The number of aryl methyl sites for hydroxylation is 2. The van der Waals surface area contributed by atoms with Crippen LogP contribution in [0, 0.1) is 13.8 Å². The highest BCUT2D eigenvalue weighted by molar-refractivity contribution is 6.79. The molecule has 0 aliphatic carbocycles. The molecule has 0 N–H and O–H groups in total. The second-order valence-corrected chi connectivity index (χ2v) is 12.0. The first-order chi connectivity index (χ1) is 10.5. The summed E-state index contributed by atoms with van der Waals surface area (Å²) in [7, 11) is -1.19. The molecule has 118 valence electrons. The second-order valence-electron chi connectivity index (χ2n) is 6.51. The molecule has 0 radical (unpaired) electrons. The van der Waals surface area contributed by atoms with E-state index in [0.29, 0.717) is 0 Å². The molecule has 0 atom stereocenters. The summed E-state index contributed by atoms with van der Waals surface area (Å²) in [5.41, 5.74) is 6.46. The maximum Gasteiger partial charge on any atom is 0.0710 e. The zero-order valence-electron chi connectivity index (χ0n) is 14.7. The van der Waals surface area contributed by atoms with Gasteiger partial charge in [-0.1, -0.05) is 63.2 Å². The van der Waals surface area contributed by atoms with Gasteiger partial charge in [0.1, 0.15) is 0 Å². The van der Waals surface area contributed by atoms with E-state index < -0.39 is 8.07 Å². The van der Waals surface area contributed by atoms with Crippen molar-refractivity contribution < 1.29 is 0 Å². The fourth-order valence-corrected chi connectivity index (χ4v) is 6.81. The third kappa shape index (κ3) is 3.49. The Morgan fingerprint density at radius 1 is 0.864 bits per heavy atom. The number of benzene rings is 1. The van der Waals surface area contributed by atoms with E-state index in [0.717, 1.165) is 11.4 Å². The van der Waals surface area contributed by atoms with Crippen molar-refractivity contribution in [1.82, 2.24) is 4.98 Å². The van der Waals surface area contributed by atoms with Gasteiger partial charge in [0, 0.05) is 11.3 Å². The van der Waals surface area contributed by atoms with Crippen molar-refractivity contribution in [3.05, 3.63) is 53.2 Å². The van der Waals surface area contributed by atoms with Crippen LogP contribution in [0.25, 0.3) is 11.3 Å². The van der Waals surface area contributed by atoms with Gasteiger partial charge in [0.25, 0.3) is 0 Å². The summed E-state index contributed by atoms with van der Waals surface area (Å²) >= 11 is 0. The molecule has 0 aliphatic heterocycles. The Balaban J connectivity index is 2.52. The Kier molecular flexibility index (Phi) is 5.57. The van der Waals surface area contributed by atoms with Gasteiger partial charge in [-0.25, -0.2) is 0 Å². The minimum absolute atomic E-state index is 1.09. The largest absolute Gasteiger partial charge is 0.253 e. The number of nitrogens with zero attached hydrogens (tertiary/aromatic N) is 1. The highest BCUT2D eigenvalue weighted by Crippen LogP contribution is 2.32. The van der Waals surface area contributed by atoms with Gasteiger partial charge in [0.05, 0.1) is 13.8 Å². The van der Waals surface area contributed by atoms with Gasteiger partial charge >= 0.3 is 0 Å². The molecule has 2 rings (SSSR count). The van der Waals surface area contributed by atoms with Crippen molar-refractivity contribution in [3.63, 3.8) is 0 Å². The van der Waals surface area contributed by atoms with Crippen molar-refractivity contribution in [2.24, 2.45) is 0 Å². The standard InChI is InChI=1S/C20H29NSi/c1-6-22(7-2,8-3)15-18-13-9-11-16(4)20(18)19-14-10-12-17(5)21-19/h9-14H,6-8,15H2,1-5H3. The minimum Gasteiger partial charge on any atom is -0.253 e. The molecule has 0 spiro atoms. The van der Waals surface area contributed by atoms with Gasteiger partial charge in [0.15, 0.2) is 0 Å². The lowest BCUT2D eigenvalue weighted by Crippen LogP contribution is -2.35. The quantitative estimate of drug-likeness (QED) is 0.600. The van der Waals surface area contributed by atoms with Crippen LogP contribution in [-0.4, -0.2) is 13.1 Å². The molecular weight excluding hydrogens is 282 g/mol. The van der Waals surface area contributed by atoms with Crippen LogP contribution in [0.1, 0.15) is 37.6 Å². The van der Waals surface area contributed by atoms with E-state index >= 15 is 0 Å². The lowest BCUT2D eigenvalue weighted by molar-refractivity contribution is 1.09. The molecule has 2 heteroatoms. The number of aromatic nitrogens is 1. The fraction of sp³-hybridized carbons (Fsp3) is 0.450. The highest BCUT2D eigenvalue weighted by atomic mass is 28.3. The molecule has 0 amide bonds. The van der Waals surface area contributed by atoms with E-state index in [2.05, 4.69) is 71.0 Å². The van der Waals surface area contributed by atoms with Crippen molar-refractivity contribution in [1.29, 1.82) is 0 Å². The number of hydrogen-bond donors (Lipinski definition) is 0. The Bertz CT molecular complexity index is 621. The lowest BCUT2D eigenvalue weighted by Gasteiger charge is -2.29. The first-order valence-electron chi connectivity index (χ1n) is 8.57. The van der Waals surface area contributed by atoms with Crippen molar-refractivity contribution in [2.45, 2.75) is 58.8 Å². The van der Waals surface area contributed by atoms with E-state index in [1.165, 1.54) is 40.9 Å². The number of rotatable bonds is 6. The van der Waals surface area contributed by atoms with Crippen LogP contribution < -0.4 is 0 Å². The Hall–Kier alpha value is -1.41. The normalized spacial score (nSPS) is 11.7. The molecule has 0 fully saturated rings. The van der Waals surface area contributed by atoms with Crippen LogP contribution in [0.2, 0.25) is 18.1 Å². The number of hydrogen-bond acceptors (Lipinski definition) is 1. The van der Waals surface area contributed by atoms with E-state index in [9.17, 15) is 0 Å². The molecule has 1 heterocycles. The summed E-state index contributed by atoms with van der Waals surface area (Å²) in [6.45, 7) is 11.5. The first-order valence-corrected chi connectivity index (χ1v) is 11.4. The molecular formula is C20H29NSi. The summed E-state index contributed by atoms with van der Waals surface area (Å²) in [4.78, 5) is 4.79. The molecule has 0 bridgehead atoms. The van der Waals surface area contributed by atoms with E-state index in [1.807, 2.05) is 0 Å². The average Bonchev–Trinajstić information content (AvgIpc) is 2.53. The van der Waals surface area contributed by atoms with E-state index in [-0.39, 0.29) is 0 Å². The Labute approximate surface area is 136 Å². The third-order valence-corrected chi connectivity index (χ3v) is 10.9. The third-order valence-electron chi connectivity index (χ3n) is 5.32. The molecule has 1 aromatic carbocycles. The SMILES string of the molecule is CC[Si](CC)(CC)Cc1cccc(C)c1-c1cccc(C)n1. The minimum atomic E-state index is -1.19. The summed E-state index contributed by atoms with van der Waals surface area (Å²) in [5.74, 6) is 0. The maximum atomic E-state index is 4.79. The molecule has 0 saturated carbocycles. The summed E-state index contributed by atoms with van der Waals surface area (Å²) in [5, 5.41) is 0. The van der Waals surface area contributed by atoms with Crippen LogP contribution in [0.5, 0.6) is 0 Å². The van der Waals surface area contributed by atoms with Gasteiger partial charge in [-0.05, 0) is 43.2 Å². The lowest BCUT2D eigenvalue weighted by atomic mass is 9.99. The molecule has 22 heavy (non-hydrogen) atoms. The first kappa shape index (κ1) is 16.9. The zero-order valence-corrected chi connectivity index (χ0v) is 15.7. The average molecular weight is 312 g/mol. The second kappa shape index (κ2) is 7.23.